The van der Waals surface area contributed by atoms with Gasteiger partial charge in [0.15, 0.2) is 0 Å². The summed E-state index contributed by atoms with van der Waals surface area (Å²) < 4.78 is 40.1. The Morgan fingerprint density at radius 2 is 1.91 bits per heavy atom. The van der Waals surface area contributed by atoms with Crippen molar-refractivity contribution < 1.29 is 18.0 Å². The molecule has 0 radical (unpaired) electrons. The van der Waals surface area contributed by atoms with Crippen LogP contribution < -0.4 is 10.9 Å². The van der Waals surface area contributed by atoms with Crippen molar-refractivity contribution in [3.63, 3.8) is 0 Å². The van der Waals surface area contributed by atoms with E-state index in [1.165, 1.54) is 12.1 Å². The Hall–Kier alpha value is -3.60. The molecule has 4 rings (SSSR count). The van der Waals surface area contributed by atoms with Crippen LogP contribution in [0.1, 0.15) is 53.0 Å². The van der Waals surface area contributed by atoms with E-state index in [4.69, 9.17) is 0 Å². The van der Waals surface area contributed by atoms with Crippen LogP contribution in [0.5, 0.6) is 0 Å². The van der Waals surface area contributed by atoms with Crippen LogP contribution in [0.15, 0.2) is 47.3 Å². The normalized spacial score (nSPS) is 13.9. The molecule has 0 saturated heterocycles. The average molecular weight is 453 g/mol. The van der Waals surface area contributed by atoms with Crippen molar-refractivity contribution in [3.8, 4) is 11.8 Å². The number of nitrogens with zero attached hydrogens (tertiary/aromatic N) is 2. The van der Waals surface area contributed by atoms with Crippen LogP contribution in [0.3, 0.4) is 0 Å². The SMILES string of the molecule is O=C(NCC#Cc1cccc(C(F)(F)F)c1)c1ccc2c(=O)n3c(nc2c1)CCCCCC3. The summed E-state index contributed by atoms with van der Waals surface area (Å²) in [4.78, 5) is 30.1. The molecule has 1 N–H and O–H groups in total. The molecule has 0 aliphatic carbocycles. The van der Waals surface area contributed by atoms with E-state index < -0.39 is 17.6 Å². The number of aryl methyl sites for hydroxylation is 1. The minimum absolute atomic E-state index is 0.0343. The van der Waals surface area contributed by atoms with Crippen LogP contribution >= 0.6 is 0 Å². The molecule has 0 spiro atoms. The quantitative estimate of drug-likeness (QED) is 0.588. The maximum Gasteiger partial charge on any atom is 0.416 e. The van der Waals surface area contributed by atoms with E-state index in [9.17, 15) is 22.8 Å². The van der Waals surface area contributed by atoms with Crippen molar-refractivity contribution in [1.82, 2.24) is 14.9 Å². The molecule has 8 heteroatoms. The Kier molecular flexibility index (Phi) is 6.50. The molecule has 0 unspecified atom stereocenters. The lowest BCUT2D eigenvalue weighted by molar-refractivity contribution is -0.137. The zero-order valence-corrected chi connectivity index (χ0v) is 17.8. The fourth-order valence-electron chi connectivity index (χ4n) is 3.88. The predicted molar refractivity (Wildman–Crippen MR) is 119 cm³/mol. The third kappa shape index (κ3) is 5.25. The lowest BCUT2D eigenvalue weighted by Crippen LogP contribution is -2.27. The van der Waals surface area contributed by atoms with Gasteiger partial charge in [0.05, 0.1) is 23.0 Å². The topological polar surface area (TPSA) is 64.0 Å². The number of alkyl halides is 3. The second-order valence-corrected chi connectivity index (χ2v) is 7.94. The summed E-state index contributed by atoms with van der Waals surface area (Å²) in [5, 5.41) is 3.10. The first-order valence-electron chi connectivity index (χ1n) is 10.8. The van der Waals surface area contributed by atoms with Gasteiger partial charge in [-0.3, -0.25) is 14.2 Å². The third-order valence-electron chi connectivity index (χ3n) is 5.59. The van der Waals surface area contributed by atoms with Crippen molar-refractivity contribution in [1.29, 1.82) is 0 Å². The molecule has 0 saturated carbocycles. The summed E-state index contributed by atoms with van der Waals surface area (Å²) in [5.74, 6) is 5.64. The maximum atomic E-state index is 12.9. The predicted octanol–water partition coefficient (Wildman–Crippen LogP) is 4.31. The fourth-order valence-corrected chi connectivity index (χ4v) is 3.88. The number of halogens is 3. The number of amides is 1. The summed E-state index contributed by atoms with van der Waals surface area (Å²) >= 11 is 0. The van der Waals surface area contributed by atoms with Crippen molar-refractivity contribution >= 4 is 16.8 Å². The lowest BCUT2D eigenvalue weighted by atomic mass is 10.1. The van der Waals surface area contributed by atoms with Gasteiger partial charge in [-0.2, -0.15) is 13.2 Å². The Morgan fingerprint density at radius 1 is 1.09 bits per heavy atom. The smallest absolute Gasteiger partial charge is 0.341 e. The van der Waals surface area contributed by atoms with Gasteiger partial charge in [-0.05, 0) is 49.2 Å². The van der Waals surface area contributed by atoms with Crippen molar-refractivity contribution in [3.05, 3.63) is 75.3 Å². The molecule has 33 heavy (non-hydrogen) atoms. The lowest BCUT2D eigenvalue weighted by Gasteiger charge is -2.16. The molecule has 170 valence electrons. The molecule has 2 heterocycles. The molecule has 0 bridgehead atoms. The van der Waals surface area contributed by atoms with Crippen LogP contribution in [-0.4, -0.2) is 22.0 Å². The third-order valence-corrected chi connectivity index (χ3v) is 5.59. The maximum absolute atomic E-state index is 12.9. The first-order chi connectivity index (χ1) is 15.8. The van der Waals surface area contributed by atoms with E-state index in [2.05, 4.69) is 22.1 Å². The number of rotatable bonds is 2. The largest absolute Gasteiger partial charge is 0.416 e. The molecule has 1 aliphatic heterocycles. The second kappa shape index (κ2) is 9.49. The Labute approximate surface area is 188 Å². The fraction of sp³-hybridized carbons (Fsp3) is 0.320. The highest BCUT2D eigenvalue weighted by Gasteiger charge is 2.30. The zero-order chi connectivity index (χ0) is 23.4. The van der Waals surface area contributed by atoms with Crippen LogP contribution in [-0.2, 0) is 19.1 Å². The van der Waals surface area contributed by atoms with Crippen LogP contribution in [0.2, 0.25) is 0 Å². The van der Waals surface area contributed by atoms with Gasteiger partial charge in [0, 0.05) is 24.1 Å². The van der Waals surface area contributed by atoms with Crippen LogP contribution in [0, 0.1) is 11.8 Å². The number of benzene rings is 2. The Balaban J connectivity index is 1.48. The minimum atomic E-state index is -4.43. The van der Waals surface area contributed by atoms with Crippen molar-refractivity contribution in [2.45, 2.75) is 44.8 Å². The van der Waals surface area contributed by atoms with Gasteiger partial charge in [-0.15, -0.1) is 0 Å². The summed E-state index contributed by atoms with van der Waals surface area (Å²) in [5.41, 5.74) is 0.175. The average Bonchev–Trinajstić information content (AvgIpc) is 2.77. The number of nitrogens with one attached hydrogen (secondary N) is 1. The van der Waals surface area contributed by atoms with Gasteiger partial charge in [0.25, 0.3) is 11.5 Å². The molecule has 2 aromatic carbocycles. The van der Waals surface area contributed by atoms with Gasteiger partial charge in [0.1, 0.15) is 5.82 Å². The molecule has 5 nitrogen and oxygen atoms in total. The number of aromatic nitrogens is 2. The summed E-state index contributed by atoms with van der Waals surface area (Å²) in [6.07, 6.45) is 0.422. The zero-order valence-electron chi connectivity index (χ0n) is 17.8. The molecule has 1 aromatic heterocycles. The first kappa shape index (κ1) is 22.6. The first-order valence-corrected chi connectivity index (χ1v) is 10.8. The summed E-state index contributed by atoms with van der Waals surface area (Å²) in [6, 6.07) is 9.48. The summed E-state index contributed by atoms with van der Waals surface area (Å²) in [7, 11) is 0. The molecule has 1 aliphatic rings. The number of fused-ring (bicyclic) bond motifs is 2. The molecule has 1 amide bonds. The van der Waals surface area contributed by atoms with E-state index >= 15 is 0 Å². The number of carbonyl (C=O) groups excluding carboxylic acids is 1. The highest BCUT2D eigenvalue weighted by Crippen LogP contribution is 2.29. The number of hydrogen-bond donors (Lipinski definition) is 1. The van der Waals surface area contributed by atoms with Crippen molar-refractivity contribution in [2.24, 2.45) is 0 Å². The summed E-state index contributed by atoms with van der Waals surface area (Å²) in [6.45, 7) is 0.622. The highest BCUT2D eigenvalue weighted by molar-refractivity contribution is 5.97. The highest BCUT2D eigenvalue weighted by atomic mass is 19.4. The Morgan fingerprint density at radius 3 is 2.73 bits per heavy atom. The van der Waals surface area contributed by atoms with Crippen LogP contribution in [0.4, 0.5) is 13.2 Å². The van der Waals surface area contributed by atoms with Gasteiger partial charge in [-0.1, -0.05) is 30.7 Å². The molecular formula is C25H22F3N3O2. The molecule has 0 fully saturated rings. The molecule has 0 atom stereocenters. The van der Waals surface area contributed by atoms with E-state index in [0.29, 0.717) is 23.0 Å². The van der Waals surface area contributed by atoms with Gasteiger partial charge in [-0.25, -0.2) is 4.98 Å². The van der Waals surface area contributed by atoms with E-state index in [0.717, 1.165) is 50.1 Å². The minimum Gasteiger partial charge on any atom is -0.341 e. The number of carbonyl (C=O) groups is 1. The van der Waals surface area contributed by atoms with E-state index in [1.54, 1.807) is 22.8 Å². The van der Waals surface area contributed by atoms with E-state index in [-0.39, 0.29) is 17.7 Å². The monoisotopic (exact) mass is 453 g/mol. The van der Waals surface area contributed by atoms with Crippen molar-refractivity contribution in [2.75, 3.05) is 6.54 Å². The standard InChI is InChI=1S/C25H22F3N3O2/c26-25(27,28)19-9-5-7-17(15-19)8-6-13-29-23(32)18-11-12-20-21(16-18)30-22-10-3-1-2-4-14-31(22)24(20)33/h5,7,9,11-12,15-16H,1-4,10,13-14H2,(H,29,32). The van der Waals surface area contributed by atoms with Gasteiger partial charge in [0.2, 0.25) is 0 Å². The van der Waals surface area contributed by atoms with E-state index in [1.807, 2.05) is 0 Å². The number of hydrogen-bond acceptors (Lipinski definition) is 3. The molecule has 3 aromatic rings. The van der Waals surface area contributed by atoms with Gasteiger partial charge >= 0.3 is 6.18 Å². The molecular weight excluding hydrogens is 431 g/mol. The Bertz CT molecular complexity index is 1320. The van der Waals surface area contributed by atoms with Gasteiger partial charge < -0.3 is 5.32 Å². The van der Waals surface area contributed by atoms with Crippen LogP contribution in [0.25, 0.3) is 10.9 Å². The second-order valence-electron chi connectivity index (χ2n) is 7.94.